The monoisotopic (exact) mass is 412 g/mol. The molecule has 4 aliphatic rings. The van der Waals surface area contributed by atoms with Crippen molar-refractivity contribution in [3.05, 3.63) is 11.6 Å². The van der Waals surface area contributed by atoms with E-state index >= 15 is 0 Å². The third-order valence-corrected chi connectivity index (χ3v) is 11.0. The molecule has 0 aliphatic heterocycles. The average Bonchev–Trinajstić information content (AvgIpc) is 3.02. The smallest absolute Gasteiger partial charge is 0.138 e. The lowest BCUT2D eigenvalue weighted by Crippen LogP contribution is -2.55. The molecule has 0 aromatic heterocycles. The van der Waals surface area contributed by atoms with Crippen molar-refractivity contribution in [1.82, 2.24) is 0 Å². The van der Waals surface area contributed by atoms with E-state index in [-0.39, 0.29) is 5.41 Å². The molecule has 0 spiro atoms. The van der Waals surface area contributed by atoms with Gasteiger partial charge in [0.2, 0.25) is 0 Å². The molecule has 4 rings (SSSR count). The lowest BCUT2D eigenvalue weighted by Gasteiger charge is -2.60. The van der Waals surface area contributed by atoms with E-state index < -0.39 is 0 Å². The Balaban J connectivity index is 1.55. The lowest BCUT2D eigenvalue weighted by molar-refractivity contribution is -0.144. The van der Waals surface area contributed by atoms with Gasteiger partial charge >= 0.3 is 0 Å². The van der Waals surface area contributed by atoms with E-state index in [1.165, 1.54) is 44.9 Å². The van der Waals surface area contributed by atoms with Crippen LogP contribution in [0.1, 0.15) is 113 Å². The van der Waals surface area contributed by atoms with Crippen molar-refractivity contribution in [2.24, 2.45) is 51.8 Å². The van der Waals surface area contributed by atoms with E-state index in [0.717, 1.165) is 48.9 Å². The Hall–Kier alpha value is -0.590. The number of ketones is 1. The highest BCUT2D eigenvalue weighted by atomic mass is 16.1. The van der Waals surface area contributed by atoms with Gasteiger partial charge in [0, 0.05) is 11.8 Å². The molecule has 0 N–H and O–H groups in total. The second kappa shape index (κ2) is 7.77. The summed E-state index contributed by atoms with van der Waals surface area (Å²) in [5.41, 5.74) is 2.55. The van der Waals surface area contributed by atoms with Crippen LogP contribution in [0.2, 0.25) is 0 Å². The molecule has 0 unspecified atom stereocenters. The number of fused-ring (bicyclic) bond motifs is 5. The van der Waals surface area contributed by atoms with Gasteiger partial charge in [0.15, 0.2) is 0 Å². The highest BCUT2D eigenvalue weighted by Crippen LogP contribution is 2.68. The van der Waals surface area contributed by atoms with Crippen LogP contribution in [0.25, 0.3) is 0 Å². The summed E-state index contributed by atoms with van der Waals surface area (Å²) in [5.74, 6) is 5.21. The average molecular weight is 413 g/mol. The minimum Gasteiger partial charge on any atom is -0.299 e. The van der Waals surface area contributed by atoms with E-state index in [1.54, 1.807) is 0 Å². The van der Waals surface area contributed by atoms with Crippen LogP contribution in [0, 0.1) is 51.8 Å². The third-order valence-electron chi connectivity index (χ3n) is 11.0. The molecule has 30 heavy (non-hydrogen) atoms. The van der Waals surface area contributed by atoms with Gasteiger partial charge in [0.25, 0.3) is 0 Å². The number of carbonyl (C=O) groups is 1. The maximum Gasteiger partial charge on any atom is 0.138 e. The highest BCUT2D eigenvalue weighted by molar-refractivity contribution is 5.85. The van der Waals surface area contributed by atoms with Crippen LogP contribution in [0.5, 0.6) is 0 Å². The van der Waals surface area contributed by atoms with Gasteiger partial charge in [-0.1, -0.05) is 79.4 Å². The van der Waals surface area contributed by atoms with Gasteiger partial charge in [-0.05, 0) is 84.9 Å². The van der Waals surface area contributed by atoms with Crippen molar-refractivity contribution in [3.63, 3.8) is 0 Å². The van der Waals surface area contributed by atoms with E-state index in [4.69, 9.17) is 0 Å². The topological polar surface area (TPSA) is 17.1 Å². The fraction of sp³-hybridized carbons (Fsp3) is 0.897. The van der Waals surface area contributed by atoms with Crippen molar-refractivity contribution in [3.8, 4) is 0 Å². The second-order valence-corrected chi connectivity index (χ2v) is 13.3. The summed E-state index contributed by atoms with van der Waals surface area (Å²) in [5, 5.41) is 0. The molecule has 0 radical (unpaired) electrons. The molecule has 0 aromatic carbocycles. The minimum atomic E-state index is -0.140. The number of hydrogen-bond acceptors (Lipinski definition) is 1. The quantitative estimate of drug-likeness (QED) is 0.415. The van der Waals surface area contributed by atoms with Gasteiger partial charge in [-0.3, -0.25) is 4.79 Å². The van der Waals surface area contributed by atoms with Gasteiger partial charge in [-0.2, -0.15) is 0 Å². The molecule has 3 saturated carbocycles. The highest BCUT2D eigenvalue weighted by Gasteiger charge is 2.61. The Labute approximate surface area is 186 Å². The Kier molecular flexibility index (Phi) is 5.85. The molecule has 0 saturated heterocycles. The second-order valence-electron chi connectivity index (χ2n) is 13.3. The first kappa shape index (κ1) is 22.6. The fourth-order valence-corrected chi connectivity index (χ4v) is 9.15. The summed E-state index contributed by atoms with van der Waals surface area (Å²) in [6.07, 6.45) is 15.6. The van der Waals surface area contributed by atoms with E-state index in [2.05, 4.69) is 54.5 Å². The maximum atomic E-state index is 12.7. The summed E-state index contributed by atoms with van der Waals surface area (Å²) in [6, 6.07) is 0. The first-order valence-electron chi connectivity index (χ1n) is 13.2. The van der Waals surface area contributed by atoms with Crippen molar-refractivity contribution >= 4 is 5.78 Å². The molecule has 0 heterocycles. The molecule has 0 amide bonds. The number of carbonyl (C=O) groups excluding carboxylic acids is 1. The van der Waals surface area contributed by atoms with E-state index in [1.807, 2.05) is 5.57 Å². The molecule has 7 atom stereocenters. The summed E-state index contributed by atoms with van der Waals surface area (Å²) < 4.78 is 0. The first-order chi connectivity index (χ1) is 14.0. The SMILES string of the molecule is CC(C)CCC[C@@H](C)[C@H]1CC[C@H]2C3=CC[C@H]4C(C)(C)C(=O)CC[C@]4(C)[C@H]3CC[C@]12C. The van der Waals surface area contributed by atoms with Crippen LogP contribution < -0.4 is 0 Å². The number of allylic oxidation sites excluding steroid dienone is 2. The zero-order chi connectivity index (χ0) is 21.9. The van der Waals surface area contributed by atoms with Crippen molar-refractivity contribution in [1.29, 1.82) is 0 Å². The van der Waals surface area contributed by atoms with Crippen LogP contribution in [-0.4, -0.2) is 5.78 Å². The number of Topliss-reactive ketones (excluding diaryl/α,β-unsaturated/α-hetero) is 1. The normalized spacial score (nSPS) is 43.6. The Morgan fingerprint density at radius 2 is 1.63 bits per heavy atom. The maximum absolute atomic E-state index is 12.7. The zero-order valence-electron chi connectivity index (χ0n) is 21.0. The molecule has 1 nitrogen and oxygen atoms in total. The van der Waals surface area contributed by atoms with Crippen LogP contribution in [-0.2, 0) is 4.79 Å². The van der Waals surface area contributed by atoms with Crippen molar-refractivity contribution in [2.45, 2.75) is 113 Å². The molecule has 0 aromatic rings. The number of rotatable bonds is 5. The van der Waals surface area contributed by atoms with Gasteiger partial charge in [0.1, 0.15) is 5.78 Å². The number of hydrogen-bond donors (Lipinski definition) is 0. The predicted octanol–water partition coefficient (Wildman–Crippen LogP) is 8.23. The van der Waals surface area contributed by atoms with Crippen LogP contribution in [0.4, 0.5) is 0 Å². The van der Waals surface area contributed by atoms with Crippen molar-refractivity contribution < 1.29 is 4.79 Å². The Morgan fingerprint density at radius 3 is 2.33 bits per heavy atom. The Morgan fingerprint density at radius 1 is 0.933 bits per heavy atom. The zero-order valence-corrected chi connectivity index (χ0v) is 21.0. The fourth-order valence-electron chi connectivity index (χ4n) is 9.15. The Bertz CT molecular complexity index is 699. The van der Waals surface area contributed by atoms with Gasteiger partial charge in [0.05, 0.1) is 0 Å². The van der Waals surface area contributed by atoms with Crippen LogP contribution in [0.3, 0.4) is 0 Å². The summed E-state index contributed by atoms with van der Waals surface area (Å²) in [4.78, 5) is 12.7. The standard InChI is InChI=1S/C29H48O/c1-19(2)9-8-10-20(3)22-12-13-23-21-11-14-25-27(4,5)26(30)16-18-29(25,7)24(21)15-17-28(22,23)6/h11,19-20,22-25H,8-10,12-18H2,1-7H3/t20-,22-,23+,24+,25+,28-,29-/m1/s1. The van der Waals surface area contributed by atoms with E-state index in [9.17, 15) is 4.79 Å². The molecule has 0 bridgehead atoms. The van der Waals surface area contributed by atoms with Crippen LogP contribution >= 0.6 is 0 Å². The summed E-state index contributed by atoms with van der Waals surface area (Å²) >= 11 is 0. The van der Waals surface area contributed by atoms with Gasteiger partial charge in [-0.25, -0.2) is 0 Å². The van der Waals surface area contributed by atoms with Gasteiger partial charge in [-0.15, -0.1) is 0 Å². The minimum absolute atomic E-state index is 0.140. The molecule has 3 fully saturated rings. The molecular formula is C29H48O. The third kappa shape index (κ3) is 3.36. The lowest BCUT2D eigenvalue weighted by atomic mass is 9.44. The van der Waals surface area contributed by atoms with Crippen LogP contribution in [0.15, 0.2) is 11.6 Å². The molecule has 170 valence electrons. The largest absolute Gasteiger partial charge is 0.299 e. The van der Waals surface area contributed by atoms with E-state index in [0.29, 0.717) is 22.5 Å². The van der Waals surface area contributed by atoms with Crippen molar-refractivity contribution in [2.75, 3.05) is 0 Å². The molecule has 4 aliphatic carbocycles. The molecular weight excluding hydrogens is 364 g/mol. The predicted molar refractivity (Wildman–Crippen MR) is 127 cm³/mol. The molecule has 1 heteroatoms. The summed E-state index contributed by atoms with van der Waals surface area (Å²) in [7, 11) is 0. The van der Waals surface area contributed by atoms with Gasteiger partial charge < -0.3 is 0 Å². The first-order valence-corrected chi connectivity index (χ1v) is 13.2. The summed E-state index contributed by atoms with van der Waals surface area (Å²) in [6.45, 7) is 17.0.